The van der Waals surface area contributed by atoms with Gasteiger partial charge in [0.1, 0.15) is 18.1 Å². The highest BCUT2D eigenvalue weighted by atomic mass is 16.5. The minimum absolute atomic E-state index is 0.0972. The summed E-state index contributed by atoms with van der Waals surface area (Å²) in [4.78, 5) is 50.1. The number of carboxylic acid groups (broad SMARTS) is 1. The highest BCUT2D eigenvalue weighted by Crippen LogP contribution is 2.41. The number of esters is 1. The number of hydrogen-bond donors (Lipinski definition) is 1. The summed E-state index contributed by atoms with van der Waals surface area (Å²) in [6.07, 6.45) is -0.443. The Morgan fingerprint density at radius 3 is 2.47 bits per heavy atom. The molecule has 8 heteroatoms. The molecule has 0 aliphatic heterocycles. The van der Waals surface area contributed by atoms with E-state index in [1.165, 1.54) is 0 Å². The van der Waals surface area contributed by atoms with Crippen LogP contribution in [0.25, 0.3) is 22.1 Å². The molecular formula is C26H25NO7. The van der Waals surface area contributed by atoms with Crippen molar-refractivity contribution in [2.75, 3.05) is 20.2 Å². The normalized spacial score (nSPS) is 12.7. The van der Waals surface area contributed by atoms with Crippen molar-refractivity contribution in [3.05, 3.63) is 58.3 Å². The quantitative estimate of drug-likeness (QED) is 0.395. The van der Waals surface area contributed by atoms with Gasteiger partial charge in [-0.15, -0.1) is 0 Å². The Balaban J connectivity index is 1.56. The fraction of sp³-hybridized carbons (Fsp3) is 0.308. The SMILES string of the molecule is Cc1c(CN(C)CCOC(=O)CCC(=O)O)oc2c1C(=O)C(=O)c1c-2ccc2c(C)cccc12. The molecule has 0 bridgehead atoms. The number of aryl methyl sites for hydroxylation is 1. The molecule has 1 aliphatic rings. The molecule has 0 fully saturated rings. The minimum atomic E-state index is -1.05. The van der Waals surface area contributed by atoms with E-state index in [4.69, 9.17) is 14.3 Å². The Morgan fingerprint density at radius 2 is 1.74 bits per heavy atom. The Kier molecular flexibility index (Phi) is 6.34. The average molecular weight is 463 g/mol. The van der Waals surface area contributed by atoms with Crippen molar-refractivity contribution in [3.8, 4) is 11.3 Å². The number of fused-ring (bicyclic) bond motifs is 5. The summed E-state index contributed by atoms with van der Waals surface area (Å²) >= 11 is 0. The highest BCUT2D eigenvalue weighted by molar-refractivity contribution is 6.54. The summed E-state index contributed by atoms with van der Waals surface area (Å²) in [5.74, 6) is -1.76. The lowest BCUT2D eigenvalue weighted by Gasteiger charge is -2.16. The van der Waals surface area contributed by atoms with Crippen LogP contribution < -0.4 is 0 Å². The number of nitrogens with zero attached hydrogens (tertiary/aromatic N) is 1. The second kappa shape index (κ2) is 9.23. The maximum Gasteiger partial charge on any atom is 0.306 e. The van der Waals surface area contributed by atoms with Crippen LogP contribution in [0.4, 0.5) is 0 Å². The van der Waals surface area contributed by atoms with Gasteiger partial charge in [0.25, 0.3) is 0 Å². The molecule has 8 nitrogen and oxygen atoms in total. The number of carbonyl (C=O) groups is 4. The number of likely N-dealkylation sites (N-methyl/N-ethyl adjacent to an activating group) is 1. The molecule has 176 valence electrons. The molecule has 0 saturated heterocycles. The third kappa shape index (κ3) is 4.24. The van der Waals surface area contributed by atoms with E-state index in [0.717, 1.165) is 16.3 Å². The zero-order chi connectivity index (χ0) is 24.6. The van der Waals surface area contributed by atoms with Crippen LogP contribution in [0.15, 0.2) is 34.7 Å². The van der Waals surface area contributed by atoms with E-state index >= 15 is 0 Å². The van der Waals surface area contributed by atoms with E-state index in [9.17, 15) is 19.2 Å². The van der Waals surface area contributed by atoms with Crippen molar-refractivity contribution in [1.82, 2.24) is 4.90 Å². The predicted octanol–water partition coefficient (Wildman–Crippen LogP) is 3.94. The molecule has 1 heterocycles. The molecule has 3 aromatic rings. The predicted molar refractivity (Wildman–Crippen MR) is 124 cm³/mol. The molecule has 2 aromatic carbocycles. The second-order valence-corrected chi connectivity index (χ2v) is 8.52. The zero-order valence-corrected chi connectivity index (χ0v) is 19.3. The van der Waals surface area contributed by atoms with Gasteiger partial charge in [-0.1, -0.05) is 24.3 Å². The van der Waals surface area contributed by atoms with Gasteiger partial charge in [0.05, 0.1) is 24.9 Å². The summed E-state index contributed by atoms with van der Waals surface area (Å²) in [6, 6.07) is 9.45. The van der Waals surface area contributed by atoms with Gasteiger partial charge in [0.15, 0.2) is 0 Å². The van der Waals surface area contributed by atoms with Crippen molar-refractivity contribution in [3.63, 3.8) is 0 Å². The van der Waals surface area contributed by atoms with Crippen molar-refractivity contribution in [2.45, 2.75) is 33.2 Å². The standard InChI is InChI=1S/C26H25NO7/c1-14-5-4-6-17-16(14)7-8-18-23(17)25(32)24(31)22-15(2)19(34-26(18)22)13-27(3)11-12-33-21(30)10-9-20(28)29/h4-8H,9-13H2,1-3H3,(H,28,29). The van der Waals surface area contributed by atoms with Crippen LogP contribution in [0.3, 0.4) is 0 Å². The fourth-order valence-electron chi connectivity index (χ4n) is 4.27. The lowest BCUT2D eigenvalue weighted by molar-refractivity contribution is -0.148. The molecule has 4 rings (SSSR count). The van der Waals surface area contributed by atoms with E-state index in [2.05, 4.69) is 0 Å². The summed E-state index contributed by atoms with van der Waals surface area (Å²) in [5, 5.41) is 10.3. The van der Waals surface area contributed by atoms with Gasteiger partial charge in [-0.3, -0.25) is 24.1 Å². The molecule has 1 N–H and O–H groups in total. The second-order valence-electron chi connectivity index (χ2n) is 8.52. The van der Waals surface area contributed by atoms with Crippen LogP contribution in [0.1, 0.15) is 50.4 Å². The largest absolute Gasteiger partial charge is 0.481 e. The van der Waals surface area contributed by atoms with Crippen molar-refractivity contribution in [1.29, 1.82) is 0 Å². The monoisotopic (exact) mass is 463 g/mol. The minimum Gasteiger partial charge on any atom is -0.481 e. The molecule has 0 unspecified atom stereocenters. The number of carbonyl (C=O) groups excluding carboxylic acids is 3. The average Bonchev–Trinajstić information content (AvgIpc) is 3.11. The fourth-order valence-corrected chi connectivity index (χ4v) is 4.27. The molecule has 1 aromatic heterocycles. The first-order valence-electron chi connectivity index (χ1n) is 11.0. The van der Waals surface area contributed by atoms with Gasteiger partial charge in [0.2, 0.25) is 11.6 Å². The molecule has 0 spiro atoms. The maximum absolute atomic E-state index is 13.1. The van der Waals surface area contributed by atoms with E-state index in [1.807, 2.05) is 49.2 Å². The lowest BCUT2D eigenvalue weighted by atomic mass is 9.83. The van der Waals surface area contributed by atoms with Crippen LogP contribution in [0.5, 0.6) is 0 Å². The van der Waals surface area contributed by atoms with Crippen LogP contribution in [-0.4, -0.2) is 53.7 Å². The Bertz CT molecular complexity index is 1330. The van der Waals surface area contributed by atoms with Crippen molar-refractivity contribution in [2.24, 2.45) is 0 Å². The van der Waals surface area contributed by atoms with E-state index in [-0.39, 0.29) is 19.4 Å². The van der Waals surface area contributed by atoms with E-state index < -0.39 is 23.5 Å². The lowest BCUT2D eigenvalue weighted by Crippen LogP contribution is -2.24. The summed E-state index contributed by atoms with van der Waals surface area (Å²) < 4.78 is 11.2. The van der Waals surface area contributed by atoms with Crippen LogP contribution >= 0.6 is 0 Å². The number of furan rings is 1. The molecule has 0 atom stereocenters. The number of benzene rings is 2. The molecular weight excluding hydrogens is 438 g/mol. The van der Waals surface area contributed by atoms with Gasteiger partial charge >= 0.3 is 11.9 Å². The summed E-state index contributed by atoms with van der Waals surface area (Å²) in [5.41, 5.74) is 2.93. The van der Waals surface area contributed by atoms with Gasteiger partial charge in [-0.2, -0.15) is 0 Å². The number of Topliss-reactive ketones (excluding diaryl/α,β-unsaturated/α-hetero) is 2. The van der Waals surface area contributed by atoms with Gasteiger partial charge < -0.3 is 14.3 Å². The van der Waals surface area contributed by atoms with Gasteiger partial charge in [-0.25, -0.2) is 0 Å². The molecule has 0 amide bonds. The first-order chi connectivity index (χ1) is 16.2. The molecule has 0 radical (unpaired) electrons. The third-order valence-electron chi connectivity index (χ3n) is 6.12. The van der Waals surface area contributed by atoms with Crippen LogP contribution in [0.2, 0.25) is 0 Å². The van der Waals surface area contributed by atoms with Gasteiger partial charge in [-0.05, 0) is 43.3 Å². The third-order valence-corrected chi connectivity index (χ3v) is 6.12. The van der Waals surface area contributed by atoms with Gasteiger partial charge in [0, 0.05) is 23.2 Å². The maximum atomic E-state index is 13.1. The van der Waals surface area contributed by atoms with Crippen LogP contribution in [-0.2, 0) is 20.9 Å². The number of ketones is 2. The number of hydrogen-bond acceptors (Lipinski definition) is 7. The summed E-state index contributed by atoms with van der Waals surface area (Å²) in [7, 11) is 1.81. The number of rotatable bonds is 8. The number of carboxylic acids is 1. The van der Waals surface area contributed by atoms with Crippen molar-refractivity contribution >= 4 is 34.3 Å². The first-order valence-corrected chi connectivity index (χ1v) is 11.0. The smallest absolute Gasteiger partial charge is 0.306 e. The number of ether oxygens (including phenoxy) is 1. The Hall–Kier alpha value is -3.78. The van der Waals surface area contributed by atoms with Crippen LogP contribution in [0, 0.1) is 13.8 Å². The molecule has 34 heavy (non-hydrogen) atoms. The topological polar surface area (TPSA) is 114 Å². The van der Waals surface area contributed by atoms with E-state index in [0.29, 0.717) is 46.9 Å². The van der Waals surface area contributed by atoms with E-state index in [1.54, 1.807) is 6.92 Å². The number of aliphatic carboxylic acids is 1. The zero-order valence-electron chi connectivity index (χ0n) is 19.3. The molecule has 0 saturated carbocycles. The first kappa shape index (κ1) is 23.4. The summed E-state index contributed by atoms with van der Waals surface area (Å²) in [6.45, 7) is 4.55. The van der Waals surface area contributed by atoms with Crippen molar-refractivity contribution < 1.29 is 33.4 Å². The molecule has 1 aliphatic carbocycles. The Labute approximate surface area is 196 Å². The Morgan fingerprint density at radius 1 is 1.00 bits per heavy atom. The highest BCUT2D eigenvalue weighted by Gasteiger charge is 2.37.